The lowest BCUT2D eigenvalue weighted by Gasteiger charge is -2.18. The Labute approximate surface area is 132 Å². The van der Waals surface area contributed by atoms with Gasteiger partial charge in [-0.3, -0.25) is 4.79 Å². The molecule has 1 aliphatic rings. The summed E-state index contributed by atoms with van der Waals surface area (Å²) in [4.78, 5) is 12.3. The lowest BCUT2D eigenvalue weighted by molar-refractivity contribution is -0.120. The summed E-state index contributed by atoms with van der Waals surface area (Å²) in [6.07, 6.45) is 1.03. The van der Waals surface area contributed by atoms with Crippen LogP contribution in [0.25, 0.3) is 0 Å². The number of rotatable bonds is 5. The largest absolute Gasteiger partial charge is 0.379 e. The number of ether oxygens (including phenoxy) is 1. The fourth-order valence-electron chi connectivity index (χ4n) is 2.15. The minimum atomic E-state index is -0.163. The van der Waals surface area contributed by atoms with Crippen LogP contribution in [-0.4, -0.2) is 31.7 Å². The maximum absolute atomic E-state index is 12.3. The molecule has 1 fully saturated rings. The van der Waals surface area contributed by atoms with Gasteiger partial charge < -0.3 is 15.4 Å². The number of carbonyl (C=O) groups is 1. The van der Waals surface area contributed by atoms with E-state index in [1.165, 1.54) is 0 Å². The first kappa shape index (κ1) is 15.8. The molecule has 20 heavy (non-hydrogen) atoms. The number of nitrogens with one attached hydrogen (secondary N) is 2. The summed E-state index contributed by atoms with van der Waals surface area (Å²) in [5.41, 5.74) is 0.698. The third-order valence-corrected chi connectivity index (χ3v) is 4.49. The van der Waals surface area contributed by atoms with Gasteiger partial charge >= 0.3 is 0 Å². The highest BCUT2D eigenvalue weighted by atomic mass is 79.9. The zero-order chi connectivity index (χ0) is 14.5. The molecule has 0 aliphatic carbocycles. The summed E-state index contributed by atoms with van der Waals surface area (Å²) in [7, 11) is 0. The zero-order valence-electron chi connectivity index (χ0n) is 11.3. The van der Waals surface area contributed by atoms with Gasteiger partial charge in [-0.1, -0.05) is 18.5 Å². The van der Waals surface area contributed by atoms with E-state index in [1.807, 2.05) is 12.1 Å². The van der Waals surface area contributed by atoms with Crippen molar-refractivity contribution in [1.82, 2.24) is 5.32 Å². The minimum Gasteiger partial charge on any atom is -0.379 e. The molecule has 1 aromatic rings. The molecule has 1 heterocycles. The summed E-state index contributed by atoms with van der Waals surface area (Å²) < 4.78 is 6.22. The molecule has 2 atom stereocenters. The number of hydrogen-bond donors (Lipinski definition) is 2. The second-order valence-electron chi connectivity index (χ2n) is 4.82. The Morgan fingerprint density at radius 2 is 2.30 bits per heavy atom. The summed E-state index contributed by atoms with van der Waals surface area (Å²) in [5, 5.41) is 6.82. The molecule has 110 valence electrons. The number of amides is 1. The summed E-state index contributed by atoms with van der Waals surface area (Å²) in [5.74, 6) is -0.196. The Morgan fingerprint density at radius 3 is 3.00 bits per heavy atom. The average molecular weight is 362 g/mol. The van der Waals surface area contributed by atoms with Crippen molar-refractivity contribution >= 4 is 39.1 Å². The van der Waals surface area contributed by atoms with Crippen LogP contribution < -0.4 is 10.6 Å². The van der Waals surface area contributed by atoms with Crippen molar-refractivity contribution in [3.8, 4) is 0 Å². The van der Waals surface area contributed by atoms with Gasteiger partial charge in [-0.05, 0) is 47.1 Å². The third-order valence-electron chi connectivity index (χ3n) is 3.26. The Hall–Kier alpha value is -0.620. The number of hydrogen-bond acceptors (Lipinski definition) is 3. The van der Waals surface area contributed by atoms with Crippen LogP contribution in [0.1, 0.15) is 13.3 Å². The monoisotopic (exact) mass is 360 g/mol. The van der Waals surface area contributed by atoms with Gasteiger partial charge in [0.05, 0.1) is 24.2 Å². The van der Waals surface area contributed by atoms with Crippen LogP contribution in [0.5, 0.6) is 0 Å². The average Bonchev–Trinajstić information content (AvgIpc) is 2.89. The number of carbonyl (C=O) groups excluding carboxylic acids is 1. The molecule has 4 nitrogen and oxygen atoms in total. The fourth-order valence-corrected chi connectivity index (χ4v) is 2.58. The Balaban J connectivity index is 1.98. The van der Waals surface area contributed by atoms with Gasteiger partial charge in [0.25, 0.3) is 0 Å². The van der Waals surface area contributed by atoms with E-state index in [9.17, 15) is 4.79 Å². The molecular weight excluding hydrogens is 344 g/mol. The quantitative estimate of drug-likeness (QED) is 0.847. The van der Waals surface area contributed by atoms with Crippen molar-refractivity contribution in [2.24, 2.45) is 5.92 Å². The molecule has 0 radical (unpaired) electrons. The van der Waals surface area contributed by atoms with Crippen LogP contribution in [0, 0.1) is 5.92 Å². The van der Waals surface area contributed by atoms with E-state index in [0.29, 0.717) is 23.9 Å². The Morgan fingerprint density at radius 1 is 1.50 bits per heavy atom. The molecular formula is C14H18BrClN2O2. The van der Waals surface area contributed by atoms with E-state index >= 15 is 0 Å². The topological polar surface area (TPSA) is 50.4 Å². The third kappa shape index (κ3) is 3.95. The summed E-state index contributed by atoms with van der Waals surface area (Å²) in [6.45, 7) is 4.03. The molecule has 1 aliphatic heterocycles. The van der Waals surface area contributed by atoms with Crippen molar-refractivity contribution in [2.45, 2.75) is 19.4 Å². The highest BCUT2D eigenvalue weighted by Crippen LogP contribution is 2.26. The lowest BCUT2D eigenvalue weighted by Crippen LogP contribution is -2.41. The maximum Gasteiger partial charge on any atom is 0.231 e. The lowest BCUT2D eigenvalue weighted by atomic mass is 10.0. The van der Waals surface area contributed by atoms with Gasteiger partial charge in [-0.15, -0.1) is 0 Å². The molecule has 6 heteroatoms. The van der Waals surface area contributed by atoms with Crippen molar-refractivity contribution < 1.29 is 9.53 Å². The normalized spacial score (nSPS) is 21.9. The second kappa shape index (κ2) is 7.41. The van der Waals surface area contributed by atoms with Crippen LogP contribution in [0.15, 0.2) is 22.7 Å². The number of benzene rings is 1. The SMILES string of the molecule is CCCNC1COCC1C(=O)Nc1ccc(Br)c(Cl)c1. The van der Waals surface area contributed by atoms with E-state index in [0.717, 1.165) is 17.4 Å². The predicted molar refractivity (Wildman–Crippen MR) is 84.2 cm³/mol. The standard InChI is InChI=1S/C14H18BrClN2O2/c1-2-5-17-13-8-20-7-10(13)14(19)18-9-3-4-11(15)12(16)6-9/h3-4,6,10,13,17H,2,5,7-8H2,1H3,(H,18,19). The van der Waals surface area contributed by atoms with Crippen molar-refractivity contribution in [3.63, 3.8) is 0 Å². The molecule has 2 N–H and O–H groups in total. The van der Waals surface area contributed by atoms with Crippen LogP contribution in [0.2, 0.25) is 5.02 Å². The number of anilines is 1. The van der Waals surface area contributed by atoms with Gasteiger partial charge in [0.2, 0.25) is 5.91 Å². The van der Waals surface area contributed by atoms with Gasteiger partial charge in [0.15, 0.2) is 0 Å². The van der Waals surface area contributed by atoms with Crippen molar-refractivity contribution in [2.75, 3.05) is 25.1 Å². The molecule has 0 saturated carbocycles. The van der Waals surface area contributed by atoms with E-state index in [4.69, 9.17) is 16.3 Å². The first-order chi connectivity index (χ1) is 9.61. The van der Waals surface area contributed by atoms with E-state index in [2.05, 4.69) is 33.5 Å². The molecule has 1 amide bonds. The van der Waals surface area contributed by atoms with E-state index in [1.54, 1.807) is 6.07 Å². The first-order valence-corrected chi connectivity index (χ1v) is 7.86. The summed E-state index contributed by atoms with van der Waals surface area (Å²) >= 11 is 9.34. The molecule has 2 unspecified atom stereocenters. The van der Waals surface area contributed by atoms with Gasteiger partial charge in [0.1, 0.15) is 0 Å². The highest BCUT2D eigenvalue weighted by molar-refractivity contribution is 9.10. The molecule has 0 bridgehead atoms. The van der Waals surface area contributed by atoms with Crippen molar-refractivity contribution in [3.05, 3.63) is 27.7 Å². The van der Waals surface area contributed by atoms with E-state index in [-0.39, 0.29) is 17.9 Å². The van der Waals surface area contributed by atoms with Gasteiger partial charge in [-0.2, -0.15) is 0 Å². The van der Waals surface area contributed by atoms with Crippen LogP contribution >= 0.6 is 27.5 Å². The molecule has 0 spiro atoms. The first-order valence-electron chi connectivity index (χ1n) is 6.69. The van der Waals surface area contributed by atoms with Crippen LogP contribution in [-0.2, 0) is 9.53 Å². The fraction of sp³-hybridized carbons (Fsp3) is 0.500. The Kier molecular flexibility index (Phi) is 5.84. The van der Waals surface area contributed by atoms with Gasteiger partial charge in [0, 0.05) is 16.2 Å². The second-order valence-corrected chi connectivity index (χ2v) is 6.08. The van der Waals surface area contributed by atoms with Crippen LogP contribution in [0.3, 0.4) is 0 Å². The van der Waals surface area contributed by atoms with E-state index < -0.39 is 0 Å². The smallest absolute Gasteiger partial charge is 0.231 e. The maximum atomic E-state index is 12.3. The highest BCUT2D eigenvalue weighted by Gasteiger charge is 2.33. The number of halogens is 2. The Bertz CT molecular complexity index is 484. The van der Waals surface area contributed by atoms with Crippen LogP contribution in [0.4, 0.5) is 5.69 Å². The molecule has 2 rings (SSSR count). The molecule has 1 aromatic carbocycles. The summed E-state index contributed by atoms with van der Waals surface area (Å²) in [6, 6.07) is 5.45. The minimum absolute atomic E-state index is 0.0329. The van der Waals surface area contributed by atoms with Crippen molar-refractivity contribution in [1.29, 1.82) is 0 Å². The van der Waals surface area contributed by atoms with Gasteiger partial charge in [-0.25, -0.2) is 0 Å². The molecule has 0 aromatic heterocycles. The molecule has 1 saturated heterocycles. The predicted octanol–water partition coefficient (Wildman–Crippen LogP) is 3.06. The zero-order valence-corrected chi connectivity index (χ0v) is 13.6.